The lowest BCUT2D eigenvalue weighted by Gasteiger charge is -2.21. The largest absolute Gasteiger partial charge is 0.312 e. The van der Waals surface area contributed by atoms with Gasteiger partial charge in [0.1, 0.15) is 0 Å². The van der Waals surface area contributed by atoms with E-state index in [4.69, 9.17) is 0 Å². The zero-order valence-corrected chi connectivity index (χ0v) is 8.56. The number of hydrogen-bond acceptors (Lipinski definition) is 1. The fraction of sp³-hybridized carbons (Fsp3) is 1.00. The highest BCUT2D eigenvalue weighted by Crippen LogP contribution is 2.57. The monoisotopic (exact) mass is 167 g/mol. The summed E-state index contributed by atoms with van der Waals surface area (Å²) < 4.78 is 0. The molecule has 0 amide bonds. The van der Waals surface area contributed by atoms with Gasteiger partial charge in [-0.15, -0.1) is 0 Å². The van der Waals surface area contributed by atoms with Crippen LogP contribution < -0.4 is 5.32 Å². The summed E-state index contributed by atoms with van der Waals surface area (Å²) in [5, 5.41) is 3.61. The molecule has 0 spiro atoms. The molecule has 0 aromatic carbocycles. The number of hydrogen-bond donors (Lipinski definition) is 1. The Morgan fingerprint density at radius 1 is 1.17 bits per heavy atom. The third-order valence-corrected chi connectivity index (χ3v) is 3.45. The van der Waals surface area contributed by atoms with E-state index in [-0.39, 0.29) is 0 Å². The Bertz CT molecular complexity index is 158. The maximum absolute atomic E-state index is 3.61. The molecule has 0 heterocycles. The maximum Gasteiger partial charge on any atom is 0.00966 e. The molecule has 1 heteroatoms. The summed E-state index contributed by atoms with van der Waals surface area (Å²) >= 11 is 0. The Hall–Kier alpha value is -0.0400. The Morgan fingerprint density at radius 3 is 2.25 bits per heavy atom. The first-order valence-electron chi connectivity index (χ1n) is 5.33. The molecule has 2 aliphatic rings. The van der Waals surface area contributed by atoms with E-state index in [1.165, 1.54) is 25.8 Å². The molecular weight excluding hydrogens is 146 g/mol. The van der Waals surface area contributed by atoms with Crippen molar-refractivity contribution in [3.05, 3.63) is 0 Å². The summed E-state index contributed by atoms with van der Waals surface area (Å²) in [4.78, 5) is 0. The molecule has 12 heavy (non-hydrogen) atoms. The van der Waals surface area contributed by atoms with Crippen molar-refractivity contribution in [2.24, 2.45) is 17.8 Å². The highest BCUT2D eigenvalue weighted by molar-refractivity contribution is 5.02. The van der Waals surface area contributed by atoms with Crippen molar-refractivity contribution in [1.29, 1.82) is 0 Å². The van der Waals surface area contributed by atoms with E-state index < -0.39 is 0 Å². The first kappa shape index (κ1) is 8.55. The smallest absolute Gasteiger partial charge is 0.00966 e. The standard InChI is InChI=1S/C11H21N/c1-11(2,3)12-7-10-8-5-4-6-9(8)10/h8-10,12H,4-7H2,1-3H3. The maximum atomic E-state index is 3.61. The minimum atomic E-state index is 0.316. The Balaban J connectivity index is 1.70. The van der Waals surface area contributed by atoms with Crippen LogP contribution in [0.2, 0.25) is 0 Å². The van der Waals surface area contributed by atoms with Crippen LogP contribution in [0.4, 0.5) is 0 Å². The average Bonchev–Trinajstić information content (AvgIpc) is 2.41. The molecule has 2 atom stereocenters. The zero-order chi connectivity index (χ0) is 8.77. The van der Waals surface area contributed by atoms with E-state index in [0.717, 1.165) is 17.8 Å². The Kier molecular flexibility index (Phi) is 1.95. The van der Waals surface area contributed by atoms with Crippen LogP contribution in [-0.4, -0.2) is 12.1 Å². The molecule has 0 radical (unpaired) electrons. The van der Waals surface area contributed by atoms with E-state index in [2.05, 4.69) is 26.1 Å². The van der Waals surface area contributed by atoms with Crippen molar-refractivity contribution in [3.8, 4) is 0 Å². The van der Waals surface area contributed by atoms with Gasteiger partial charge in [0, 0.05) is 5.54 Å². The van der Waals surface area contributed by atoms with Gasteiger partial charge < -0.3 is 5.32 Å². The van der Waals surface area contributed by atoms with Gasteiger partial charge in [0.25, 0.3) is 0 Å². The van der Waals surface area contributed by atoms with Crippen LogP contribution in [0.5, 0.6) is 0 Å². The Morgan fingerprint density at radius 2 is 1.75 bits per heavy atom. The normalized spacial score (nSPS) is 39.8. The van der Waals surface area contributed by atoms with Gasteiger partial charge in [0.15, 0.2) is 0 Å². The second-order valence-electron chi connectivity index (χ2n) is 5.55. The molecule has 70 valence electrons. The van der Waals surface area contributed by atoms with Crippen molar-refractivity contribution in [2.75, 3.05) is 6.54 Å². The molecule has 2 fully saturated rings. The van der Waals surface area contributed by atoms with E-state index in [0.29, 0.717) is 5.54 Å². The summed E-state index contributed by atoms with van der Waals surface area (Å²) in [5.41, 5.74) is 0.316. The summed E-state index contributed by atoms with van der Waals surface area (Å²) in [7, 11) is 0. The van der Waals surface area contributed by atoms with Crippen molar-refractivity contribution >= 4 is 0 Å². The molecule has 1 N–H and O–H groups in total. The van der Waals surface area contributed by atoms with Crippen LogP contribution in [0.15, 0.2) is 0 Å². The molecule has 2 unspecified atom stereocenters. The van der Waals surface area contributed by atoms with Crippen molar-refractivity contribution in [3.63, 3.8) is 0 Å². The molecule has 0 saturated heterocycles. The summed E-state index contributed by atoms with van der Waals surface area (Å²) in [6, 6.07) is 0. The second-order valence-corrected chi connectivity index (χ2v) is 5.55. The quantitative estimate of drug-likeness (QED) is 0.666. The molecule has 2 saturated carbocycles. The lowest BCUT2D eigenvalue weighted by Crippen LogP contribution is -2.37. The molecule has 0 aliphatic heterocycles. The van der Waals surface area contributed by atoms with Crippen LogP contribution >= 0.6 is 0 Å². The van der Waals surface area contributed by atoms with Gasteiger partial charge >= 0.3 is 0 Å². The molecule has 0 aromatic heterocycles. The van der Waals surface area contributed by atoms with Crippen LogP contribution in [0.1, 0.15) is 40.0 Å². The topological polar surface area (TPSA) is 12.0 Å². The lowest BCUT2D eigenvalue weighted by atomic mass is 10.1. The van der Waals surface area contributed by atoms with Gasteiger partial charge in [-0.25, -0.2) is 0 Å². The zero-order valence-electron chi connectivity index (χ0n) is 8.56. The summed E-state index contributed by atoms with van der Waals surface area (Å²) in [6.45, 7) is 8.03. The lowest BCUT2D eigenvalue weighted by molar-refractivity contribution is 0.396. The van der Waals surface area contributed by atoms with Gasteiger partial charge in [0.2, 0.25) is 0 Å². The Labute approximate surface area is 75.9 Å². The average molecular weight is 167 g/mol. The third kappa shape index (κ3) is 1.66. The second kappa shape index (κ2) is 2.73. The van der Waals surface area contributed by atoms with Crippen LogP contribution in [0.3, 0.4) is 0 Å². The molecule has 2 aliphatic carbocycles. The van der Waals surface area contributed by atoms with Crippen LogP contribution in [-0.2, 0) is 0 Å². The van der Waals surface area contributed by atoms with Gasteiger partial charge in [-0.1, -0.05) is 6.42 Å². The molecular formula is C11H21N. The number of fused-ring (bicyclic) bond motifs is 1. The van der Waals surface area contributed by atoms with E-state index in [1.807, 2.05) is 0 Å². The first-order valence-corrected chi connectivity index (χ1v) is 5.33. The number of rotatable bonds is 2. The minimum absolute atomic E-state index is 0.316. The fourth-order valence-electron chi connectivity index (χ4n) is 2.70. The summed E-state index contributed by atoms with van der Waals surface area (Å²) in [6.07, 6.45) is 4.53. The minimum Gasteiger partial charge on any atom is -0.312 e. The number of nitrogens with one attached hydrogen (secondary N) is 1. The van der Waals surface area contributed by atoms with Gasteiger partial charge in [-0.3, -0.25) is 0 Å². The molecule has 2 rings (SSSR count). The predicted octanol–water partition coefficient (Wildman–Crippen LogP) is 2.42. The highest BCUT2D eigenvalue weighted by atomic mass is 15.0. The van der Waals surface area contributed by atoms with Crippen LogP contribution in [0.25, 0.3) is 0 Å². The van der Waals surface area contributed by atoms with Gasteiger partial charge in [-0.2, -0.15) is 0 Å². The van der Waals surface area contributed by atoms with E-state index in [1.54, 1.807) is 0 Å². The van der Waals surface area contributed by atoms with Crippen molar-refractivity contribution in [2.45, 2.75) is 45.6 Å². The van der Waals surface area contributed by atoms with Crippen LogP contribution in [0, 0.1) is 17.8 Å². The highest BCUT2D eigenvalue weighted by Gasteiger charge is 2.51. The fourth-order valence-corrected chi connectivity index (χ4v) is 2.70. The third-order valence-electron chi connectivity index (χ3n) is 3.45. The van der Waals surface area contributed by atoms with Gasteiger partial charge in [0.05, 0.1) is 0 Å². The van der Waals surface area contributed by atoms with E-state index in [9.17, 15) is 0 Å². The van der Waals surface area contributed by atoms with Gasteiger partial charge in [-0.05, 0) is 57.9 Å². The first-order chi connectivity index (χ1) is 5.58. The molecule has 0 aromatic rings. The summed E-state index contributed by atoms with van der Waals surface area (Å²) in [5.74, 6) is 3.26. The molecule has 1 nitrogen and oxygen atoms in total. The van der Waals surface area contributed by atoms with Crippen molar-refractivity contribution in [1.82, 2.24) is 5.32 Å². The van der Waals surface area contributed by atoms with E-state index >= 15 is 0 Å². The molecule has 0 bridgehead atoms. The van der Waals surface area contributed by atoms with Crippen molar-refractivity contribution < 1.29 is 0 Å². The SMILES string of the molecule is CC(C)(C)NCC1C2CCCC21. The predicted molar refractivity (Wildman–Crippen MR) is 52.1 cm³/mol.